The Kier molecular flexibility index (Phi) is 7.28. The topological polar surface area (TPSA) is 74.6 Å². The fraction of sp³-hybridized carbons (Fsp3) is 0.852. The van der Waals surface area contributed by atoms with Crippen LogP contribution in [-0.2, 0) is 9.59 Å². The van der Waals surface area contributed by atoms with Crippen LogP contribution in [0.2, 0.25) is 0 Å². The van der Waals surface area contributed by atoms with Gasteiger partial charge in [0.2, 0.25) is 0 Å². The maximum atomic E-state index is 12.1. The summed E-state index contributed by atoms with van der Waals surface area (Å²) in [4.78, 5) is 23.4. The number of carboxylic acids is 2. The van der Waals surface area contributed by atoms with Crippen molar-refractivity contribution in [3.63, 3.8) is 0 Å². The molecule has 0 aromatic carbocycles. The molecule has 4 nitrogen and oxygen atoms in total. The average molecular weight is 433 g/mol. The molecule has 0 aromatic heterocycles. The van der Waals surface area contributed by atoms with E-state index in [-0.39, 0.29) is 12.3 Å². The minimum absolute atomic E-state index is 0.0434. The number of carboxylic acid groups (broad SMARTS) is 2. The minimum Gasteiger partial charge on any atom is -0.481 e. The van der Waals surface area contributed by atoms with Crippen molar-refractivity contribution < 1.29 is 19.8 Å². The fourth-order valence-corrected chi connectivity index (χ4v) is 8.14. The molecule has 0 spiro atoms. The molecule has 0 aromatic rings. The first-order valence-corrected chi connectivity index (χ1v) is 12.7. The minimum atomic E-state index is -0.859. The molecule has 7 unspecified atom stereocenters. The quantitative estimate of drug-likeness (QED) is 0.420. The van der Waals surface area contributed by atoms with Crippen LogP contribution in [0.1, 0.15) is 98.8 Å². The maximum absolute atomic E-state index is 12.1. The van der Waals surface area contributed by atoms with Gasteiger partial charge in [0, 0.05) is 17.4 Å². The lowest BCUT2D eigenvalue weighted by molar-refractivity contribution is -0.140. The van der Waals surface area contributed by atoms with Gasteiger partial charge >= 0.3 is 11.9 Å². The Bertz CT molecular complexity index is 710. The molecule has 176 valence electrons. The molecule has 0 bridgehead atoms. The number of rotatable bonds is 9. The molecule has 3 aliphatic rings. The third-order valence-electron chi connectivity index (χ3n) is 9.75. The molecule has 3 rings (SSSR count). The second-order valence-electron chi connectivity index (χ2n) is 11.9. The first kappa shape index (κ1) is 24.3. The van der Waals surface area contributed by atoms with Gasteiger partial charge in [0.1, 0.15) is 0 Å². The summed E-state index contributed by atoms with van der Waals surface area (Å²) in [5.74, 6) is 2.02. The van der Waals surface area contributed by atoms with Crippen molar-refractivity contribution in [2.24, 2.45) is 46.3 Å². The molecule has 31 heavy (non-hydrogen) atoms. The standard InChI is InChI=1S/C27H44O4/c1-17(2)7-6-8-18(3)20-11-12-21-19-9-10-23(25(30)31)27(5,16-14-24(28)29)22(19)13-15-26(20,21)4/h10,17-22H,6-9,11-16H2,1-5H3,(H,28,29)(H,30,31). The van der Waals surface area contributed by atoms with Crippen LogP contribution >= 0.6 is 0 Å². The molecule has 7 atom stereocenters. The lowest BCUT2D eigenvalue weighted by atomic mass is 9.48. The fourth-order valence-electron chi connectivity index (χ4n) is 8.14. The molecule has 0 aliphatic heterocycles. The maximum Gasteiger partial charge on any atom is 0.331 e. The predicted octanol–water partition coefficient (Wildman–Crippen LogP) is 6.79. The Morgan fingerprint density at radius 2 is 1.77 bits per heavy atom. The van der Waals surface area contributed by atoms with Crippen LogP contribution in [0.4, 0.5) is 0 Å². The lowest BCUT2D eigenvalue weighted by Gasteiger charge is -2.56. The molecule has 0 amide bonds. The van der Waals surface area contributed by atoms with Crippen molar-refractivity contribution in [1.82, 2.24) is 0 Å². The average Bonchev–Trinajstić information content (AvgIpc) is 3.03. The summed E-state index contributed by atoms with van der Waals surface area (Å²) in [6.07, 6.45) is 12.0. The number of carbonyl (C=O) groups is 2. The molecule has 0 radical (unpaired) electrons. The first-order valence-electron chi connectivity index (χ1n) is 12.7. The first-order chi connectivity index (χ1) is 14.5. The van der Waals surface area contributed by atoms with Gasteiger partial charge in [0.15, 0.2) is 0 Å². The van der Waals surface area contributed by atoms with Crippen molar-refractivity contribution in [2.45, 2.75) is 98.8 Å². The summed E-state index contributed by atoms with van der Waals surface area (Å²) >= 11 is 0. The van der Waals surface area contributed by atoms with Crippen LogP contribution in [0.5, 0.6) is 0 Å². The smallest absolute Gasteiger partial charge is 0.331 e. The number of hydrogen-bond acceptors (Lipinski definition) is 2. The molecule has 2 fully saturated rings. The summed E-state index contributed by atoms with van der Waals surface area (Å²) in [7, 11) is 0. The normalized spacial score (nSPS) is 38.3. The summed E-state index contributed by atoms with van der Waals surface area (Å²) in [6.45, 7) is 11.6. The zero-order chi connectivity index (χ0) is 23.0. The second kappa shape index (κ2) is 9.27. The van der Waals surface area contributed by atoms with E-state index in [1.54, 1.807) is 0 Å². The van der Waals surface area contributed by atoms with Gasteiger partial charge in [-0.05, 0) is 79.4 Å². The summed E-state index contributed by atoms with van der Waals surface area (Å²) in [5.41, 5.74) is 0.283. The highest BCUT2D eigenvalue weighted by atomic mass is 16.4. The summed E-state index contributed by atoms with van der Waals surface area (Å²) in [6, 6.07) is 0. The number of hydrogen-bond donors (Lipinski definition) is 2. The van der Waals surface area contributed by atoms with E-state index in [2.05, 4.69) is 27.7 Å². The Labute approximate surface area is 188 Å². The highest BCUT2D eigenvalue weighted by Crippen LogP contribution is 2.66. The third kappa shape index (κ3) is 4.59. The second-order valence-corrected chi connectivity index (χ2v) is 11.9. The largest absolute Gasteiger partial charge is 0.481 e. The Morgan fingerprint density at radius 3 is 2.39 bits per heavy atom. The summed E-state index contributed by atoms with van der Waals surface area (Å²) < 4.78 is 0. The SMILES string of the molecule is CC(C)CCCC(C)C1CCC2C3CC=C(C(=O)O)C(C)(CCC(=O)O)C3CCC12C. The Hall–Kier alpha value is -1.32. The van der Waals surface area contributed by atoms with Gasteiger partial charge in [0.25, 0.3) is 0 Å². The molecule has 0 heterocycles. The van der Waals surface area contributed by atoms with E-state index in [4.69, 9.17) is 0 Å². The lowest BCUT2D eigenvalue weighted by Crippen LogP contribution is -2.50. The highest BCUT2D eigenvalue weighted by Gasteiger charge is 2.59. The van der Waals surface area contributed by atoms with E-state index < -0.39 is 17.4 Å². The molecule has 2 N–H and O–H groups in total. The van der Waals surface area contributed by atoms with Crippen LogP contribution in [0.3, 0.4) is 0 Å². The van der Waals surface area contributed by atoms with Crippen molar-refractivity contribution in [1.29, 1.82) is 0 Å². The number of aliphatic carboxylic acids is 2. The van der Waals surface area contributed by atoms with Crippen molar-refractivity contribution in [3.8, 4) is 0 Å². The van der Waals surface area contributed by atoms with Crippen LogP contribution in [-0.4, -0.2) is 22.2 Å². The highest BCUT2D eigenvalue weighted by molar-refractivity contribution is 5.88. The van der Waals surface area contributed by atoms with Crippen molar-refractivity contribution in [3.05, 3.63) is 11.6 Å². The van der Waals surface area contributed by atoms with E-state index in [1.807, 2.05) is 13.0 Å². The van der Waals surface area contributed by atoms with Gasteiger partial charge in [-0.1, -0.05) is 60.0 Å². The van der Waals surface area contributed by atoms with Crippen LogP contribution in [0, 0.1) is 46.3 Å². The molecule has 4 heteroatoms. The van der Waals surface area contributed by atoms with Gasteiger partial charge in [-0.2, -0.15) is 0 Å². The Balaban J connectivity index is 1.80. The van der Waals surface area contributed by atoms with Gasteiger partial charge in [-0.3, -0.25) is 4.79 Å². The van der Waals surface area contributed by atoms with Crippen molar-refractivity contribution >= 4 is 11.9 Å². The number of fused-ring (bicyclic) bond motifs is 3. The molecule has 2 saturated carbocycles. The third-order valence-corrected chi connectivity index (χ3v) is 9.75. The van der Waals surface area contributed by atoms with Gasteiger partial charge in [-0.25, -0.2) is 4.79 Å². The van der Waals surface area contributed by atoms with Crippen LogP contribution in [0.15, 0.2) is 11.6 Å². The zero-order valence-electron chi connectivity index (χ0n) is 20.3. The van der Waals surface area contributed by atoms with Crippen molar-refractivity contribution in [2.75, 3.05) is 0 Å². The zero-order valence-corrected chi connectivity index (χ0v) is 20.3. The molecular formula is C27H44O4. The van der Waals surface area contributed by atoms with E-state index in [1.165, 1.54) is 32.1 Å². The molecular weight excluding hydrogens is 388 g/mol. The van der Waals surface area contributed by atoms with Gasteiger partial charge < -0.3 is 10.2 Å². The molecule has 0 saturated heterocycles. The van der Waals surface area contributed by atoms with E-state index in [0.29, 0.717) is 29.2 Å². The van der Waals surface area contributed by atoms with E-state index >= 15 is 0 Å². The van der Waals surface area contributed by atoms with Gasteiger partial charge in [0.05, 0.1) is 0 Å². The van der Waals surface area contributed by atoms with Crippen LogP contribution in [0.25, 0.3) is 0 Å². The summed E-state index contributed by atoms with van der Waals surface area (Å²) in [5, 5.41) is 19.2. The van der Waals surface area contributed by atoms with Gasteiger partial charge in [-0.15, -0.1) is 0 Å². The van der Waals surface area contributed by atoms with Crippen LogP contribution < -0.4 is 0 Å². The Morgan fingerprint density at radius 1 is 1.06 bits per heavy atom. The predicted molar refractivity (Wildman–Crippen MR) is 124 cm³/mol. The number of allylic oxidation sites excluding steroid dienone is 1. The van der Waals surface area contributed by atoms with E-state index in [9.17, 15) is 19.8 Å². The molecule has 3 aliphatic carbocycles. The monoisotopic (exact) mass is 432 g/mol. The van der Waals surface area contributed by atoms with E-state index in [0.717, 1.165) is 37.0 Å².